The van der Waals surface area contributed by atoms with Crippen LogP contribution >= 0.6 is 0 Å². The molecule has 23 heavy (non-hydrogen) atoms. The second-order valence-electron chi connectivity index (χ2n) is 6.26. The molecule has 0 aliphatic carbocycles. The maximum atomic E-state index is 12.2. The van der Waals surface area contributed by atoms with Gasteiger partial charge in [0, 0.05) is 43.1 Å². The van der Waals surface area contributed by atoms with Gasteiger partial charge in [0.1, 0.15) is 0 Å². The fraction of sp³-hybridized carbons (Fsp3) is 0.471. The summed E-state index contributed by atoms with van der Waals surface area (Å²) < 4.78 is 1.96. The first-order chi connectivity index (χ1) is 11.0. The summed E-state index contributed by atoms with van der Waals surface area (Å²) in [5, 5.41) is 7.46. The van der Waals surface area contributed by atoms with E-state index in [1.807, 2.05) is 47.7 Å². The molecule has 3 heterocycles. The third kappa shape index (κ3) is 3.36. The quantitative estimate of drug-likeness (QED) is 0.942. The maximum Gasteiger partial charge on any atom is 0.317 e. The monoisotopic (exact) mass is 313 g/mol. The van der Waals surface area contributed by atoms with Gasteiger partial charge in [0.25, 0.3) is 0 Å². The van der Waals surface area contributed by atoms with Crippen LogP contribution in [0.2, 0.25) is 0 Å². The average Bonchev–Trinajstić information content (AvgIpc) is 2.83. The third-order valence-electron chi connectivity index (χ3n) is 4.29. The first kappa shape index (κ1) is 15.5. The highest BCUT2D eigenvalue weighted by Gasteiger charge is 2.32. The highest BCUT2D eigenvalue weighted by Crippen LogP contribution is 2.25. The summed E-state index contributed by atoms with van der Waals surface area (Å²) in [6, 6.07) is 8.09. The molecule has 0 spiro atoms. The first-order valence-corrected chi connectivity index (χ1v) is 8.01. The molecule has 2 aromatic heterocycles. The van der Waals surface area contributed by atoms with Crippen LogP contribution in [0.25, 0.3) is 0 Å². The second-order valence-corrected chi connectivity index (χ2v) is 6.26. The lowest BCUT2D eigenvalue weighted by molar-refractivity contribution is 0.148. The van der Waals surface area contributed by atoms with Crippen LogP contribution in [-0.4, -0.2) is 45.3 Å². The first-order valence-electron chi connectivity index (χ1n) is 8.01. The van der Waals surface area contributed by atoms with E-state index in [2.05, 4.69) is 22.3 Å². The van der Waals surface area contributed by atoms with E-state index in [1.54, 1.807) is 6.20 Å². The van der Waals surface area contributed by atoms with Crippen LogP contribution in [0.1, 0.15) is 36.0 Å². The molecule has 6 nitrogen and oxygen atoms in total. The van der Waals surface area contributed by atoms with Crippen molar-refractivity contribution in [2.75, 3.05) is 19.6 Å². The number of nitrogens with zero attached hydrogens (tertiary/aromatic N) is 4. The summed E-state index contributed by atoms with van der Waals surface area (Å²) in [6.07, 6.45) is 1.80. The van der Waals surface area contributed by atoms with E-state index < -0.39 is 0 Å². The molecule has 2 amide bonds. The molecule has 0 bridgehead atoms. The van der Waals surface area contributed by atoms with Crippen molar-refractivity contribution >= 4 is 6.03 Å². The fourth-order valence-corrected chi connectivity index (χ4v) is 2.97. The van der Waals surface area contributed by atoms with Gasteiger partial charge in [0.05, 0.1) is 11.7 Å². The van der Waals surface area contributed by atoms with Gasteiger partial charge in [0.15, 0.2) is 0 Å². The zero-order chi connectivity index (χ0) is 16.4. The molecule has 1 aliphatic heterocycles. The topological polar surface area (TPSA) is 63.1 Å². The Hall–Kier alpha value is -2.37. The van der Waals surface area contributed by atoms with Gasteiger partial charge in [0.2, 0.25) is 0 Å². The predicted octanol–water partition coefficient (Wildman–Crippen LogP) is 2.26. The Bertz CT molecular complexity index is 676. The Morgan fingerprint density at radius 2 is 2.17 bits per heavy atom. The summed E-state index contributed by atoms with van der Waals surface area (Å²) in [6.45, 7) is 8.12. The summed E-state index contributed by atoms with van der Waals surface area (Å²) in [5.41, 5.74) is 3.18. The minimum Gasteiger partial charge on any atom is -0.336 e. The maximum absolute atomic E-state index is 12.2. The molecular weight excluding hydrogens is 290 g/mol. The molecule has 1 atom stereocenters. The van der Waals surface area contributed by atoms with Gasteiger partial charge in [-0.15, -0.1) is 0 Å². The second kappa shape index (κ2) is 6.40. The number of aromatic nitrogens is 3. The van der Waals surface area contributed by atoms with E-state index >= 15 is 0 Å². The minimum absolute atomic E-state index is 0.00874. The van der Waals surface area contributed by atoms with Gasteiger partial charge in [-0.05, 0) is 39.0 Å². The van der Waals surface area contributed by atoms with Gasteiger partial charge in [-0.25, -0.2) is 4.79 Å². The van der Waals surface area contributed by atoms with Crippen molar-refractivity contribution in [1.29, 1.82) is 0 Å². The molecule has 1 saturated heterocycles. The number of aryl methyl sites for hydroxylation is 2. The number of urea groups is 1. The van der Waals surface area contributed by atoms with Crippen molar-refractivity contribution in [2.24, 2.45) is 0 Å². The lowest BCUT2D eigenvalue weighted by atomic mass is 9.96. The van der Waals surface area contributed by atoms with Crippen LogP contribution in [0, 0.1) is 13.8 Å². The van der Waals surface area contributed by atoms with Crippen LogP contribution in [-0.2, 0) is 0 Å². The Kier molecular flexibility index (Phi) is 4.32. The van der Waals surface area contributed by atoms with Crippen molar-refractivity contribution in [3.63, 3.8) is 0 Å². The van der Waals surface area contributed by atoms with E-state index in [0.717, 1.165) is 30.2 Å². The van der Waals surface area contributed by atoms with E-state index in [9.17, 15) is 4.79 Å². The number of amides is 2. The largest absolute Gasteiger partial charge is 0.336 e. The molecule has 1 fully saturated rings. The molecule has 1 N–H and O–H groups in total. The number of carbonyl (C=O) groups excluding carboxylic acids is 1. The molecule has 0 radical (unpaired) electrons. The molecular formula is C17H23N5O. The van der Waals surface area contributed by atoms with Gasteiger partial charge in [-0.3, -0.25) is 9.67 Å². The molecule has 1 aliphatic rings. The Morgan fingerprint density at radius 1 is 1.39 bits per heavy atom. The van der Waals surface area contributed by atoms with E-state index in [4.69, 9.17) is 0 Å². The number of hydrogen-bond acceptors (Lipinski definition) is 3. The van der Waals surface area contributed by atoms with Crippen molar-refractivity contribution in [3.05, 3.63) is 47.5 Å². The standard InChI is InChI=1S/C17H23N5O/c1-12-8-13(2)22(20-12)14(3)9-19-17(23)21-10-15(11-21)16-6-4-5-7-18-16/h4-8,14-15H,9-11H2,1-3H3,(H,19,23)/t14-/m1/s1. The number of rotatable bonds is 4. The summed E-state index contributed by atoms with van der Waals surface area (Å²) in [7, 11) is 0. The van der Waals surface area contributed by atoms with Gasteiger partial charge >= 0.3 is 6.03 Å². The Labute approximate surface area is 136 Å². The van der Waals surface area contributed by atoms with Gasteiger partial charge in [-0.2, -0.15) is 5.10 Å². The average molecular weight is 313 g/mol. The van der Waals surface area contributed by atoms with Gasteiger partial charge in [-0.1, -0.05) is 6.07 Å². The number of likely N-dealkylation sites (tertiary alicyclic amines) is 1. The van der Waals surface area contributed by atoms with Crippen LogP contribution < -0.4 is 5.32 Å². The molecule has 6 heteroatoms. The van der Waals surface area contributed by atoms with Crippen molar-refractivity contribution in [3.8, 4) is 0 Å². The normalized spacial score (nSPS) is 16.0. The van der Waals surface area contributed by atoms with Gasteiger partial charge < -0.3 is 10.2 Å². The minimum atomic E-state index is -0.00874. The highest BCUT2D eigenvalue weighted by atomic mass is 16.2. The number of nitrogens with one attached hydrogen (secondary N) is 1. The van der Waals surface area contributed by atoms with Crippen LogP contribution in [0.5, 0.6) is 0 Å². The third-order valence-corrected chi connectivity index (χ3v) is 4.29. The van der Waals surface area contributed by atoms with E-state index in [0.29, 0.717) is 12.5 Å². The summed E-state index contributed by atoms with van der Waals surface area (Å²) in [5.74, 6) is 0.357. The lowest BCUT2D eigenvalue weighted by Gasteiger charge is -2.39. The Balaban J connectivity index is 1.47. The molecule has 122 valence electrons. The molecule has 2 aromatic rings. The SMILES string of the molecule is Cc1cc(C)n([C@H](C)CNC(=O)N2CC(c3ccccn3)C2)n1. The van der Waals surface area contributed by atoms with Crippen LogP contribution in [0.3, 0.4) is 0 Å². The predicted molar refractivity (Wildman–Crippen MR) is 88.4 cm³/mol. The van der Waals surface area contributed by atoms with Crippen molar-refractivity contribution in [2.45, 2.75) is 32.7 Å². The van der Waals surface area contributed by atoms with E-state index in [-0.39, 0.29) is 12.1 Å². The summed E-state index contributed by atoms with van der Waals surface area (Å²) >= 11 is 0. The van der Waals surface area contributed by atoms with Crippen molar-refractivity contribution < 1.29 is 4.79 Å². The van der Waals surface area contributed by atoms with Crippen LogP contribution in [0.4, 0.5) is 4.79 Å². The molecule has 0 aromatic carbocycles. The van der Waals surface area contributed by atoms with Crippen molar-refractivity contribution in [1.82, 2.24) is 25.0 Å². The molecule has 0 unspecified atom stereocenters. The Morgan fingerprint density at radius 3 is 2.78 bits per heavy atom. The number of pyridine rings is 1. The summed E-state index contributed by atoms with van der Waals surface area (Å²) in [4.78, 5) is 18.4. The molecule has 3 rings (SSSR count). The van der Waals surface area contributed by atoms with E-state index in [1.165, 1.54) is 0 Å². The fourth-order valence-electron chi connectivity index (χ4n) is 2.97. The smallest absolute Gasteiger partial charge is 0.317 e. The lowest BCUT2D eigenvalue weighted by Crippen LogP contribution is -2.53. The number of hydrogen-bond donors (Lipinski definition) is 1. The molecule has 0 saturated carbocycles. The zero-order valence-corrected chi connectivity index (χ0v) is 13.9. The number of carbonyl (C=O) groups is 1. The zero-order valence-electron chi connectivity index (χ0n) is 13.9. The van der Waals surface area contributed by atoms with Crippen LogP contribution in [0.15, 0.2) is 30.5 Å². The highest BCUT2D eigenvalue weighted by molar-refractivity contribution is 5.75.